The van der Waals surface area contributed by atoms with Crippen LogP contribution in [0.1, 0.15) is 64.5 Å². The van der Waals surface area contributed by atoms with Crippen molar-refractivity contribution in [1.29, 1.82) is 0 Å². The van der Waals surface area contributed by atoms with Crippen LogP contribution in [0.25, 0.3) is 0 Å². The zero-order valence-corrected chi connectivity index (χ0v) is 13.5. The Morgan fingerprint density at radius 3 is 2.19 bits per heavy atom. The summed E-state index contributed by atoms with van der Waals surface area (Å²) >= 11 is 0. The average Bonchev–Trinajstić information content (AvgIpc) is 2.84. The van der Waals surface area contributed by atoms with Crippen LogP contribution < -0.4 is 5.32 Å². The first-order valence-corrected chi connectivity index (χ1v) is 8.18. The fourth-order valence-corrected chi connectivity index (χ4v) is 3.90. The van der Waals surface area contributed by atoms with Gasteiger partial charge in [0.05, 0.1) is 5.56 Å². The maximum absolute atomic E-state index is 9.96. The highest BCUT2D eigenvalue weighted by Gasteiger charge is 2.34. The third kappa shape index (κ3) is 3.91. The molecule has 1 unspecified atom stereocenters. The number of aromatic hydroxyl groups is 2. The Morgan fingerprint density at radius 1 is 1.10 bits per heavy atom. The largest absolute Gasteiger partial charge is 0.507 e. The van der Waals surface area contributed by atoms with Gasteiger partial charge in [0.15, 0.2) is 0 Å². The maximum Gasteiger partial charge on any atom is 0.124 e. The van der Waals surface area contributed by atoms with Crippen LogP contribution in [-0.4, -0.2) is 16.8 Å². The fraction of sp³-hybridized carbons (Fsp3) is 0.667. The summed E-state index contributed by atoms with van der Waals surface area (Å²) in [5, 5.41) is 23.5. The minimum Gasteiger partial charge on any atom is -0.507 e. The van der Waals surface area contributed by atoms with Crippen LogP contribution in [0.15, 0.2) is 18.2 Å². The summed E-state index contributed by atoms with van der Waals surface area (Å²) in [6, 6.07) is 4.88. The van der Waals surface area contributed by atoms with Gasteiger partial charge >= 0.3 is 0 Å². The maximum atomic E-state index is 9.96. The second-order valence-corrected chi connectivity index (χ2v) is 7.12. The van der Waals surface area contributed by atoms with E-state index in [1.807, 2.05) is 6.92 Å². The van der Waals surface area contributed by atoms with Crippen molar-refractivity contribution in [2.75, 3.05) is 6.54 Å². The summed E-state index contributed by atoms with van der Waals surface area (Å²) < 4.78 is 0. The molecule has 1 aliphatic carbocycles. The summed E-state index contributed by atoms with van der Waals surface area (Å²) in [6.07, 6.45) is 6.48. The van der Waals surface area contributed by atoms with E-state index in [1.165, 1.54) is 32.1 Å². The lowest BCUT2D eigenvalue weighted by Crippen LogP contribution is -2.34. The molecule has 1 saturated carbocycles. The van der Waals surface area contributed by atoms with Gasteiger partial charge in [-0.2, -0.15) is 0 Å². The van der Waals surface area contributed by atoms with E-state index >= 15 is 0 Å². The quantitative estimate of drug-likeness (QED) is 0.730. The van der Waals surface area contributed by atoms with E-state index in [-0.39, 0.29) is 17.5 Å². The zero-order valence-electron chi connectivity index (χ0n) is 13.5. The minimum absolute atomic E-state index is 0.0455. The van der Waals surface area contributed by atoms with Crippen LogP contribution in [0.2, 0.25) is 0 Å². The Kier molecular flexibility index (Phi) is 5.15. The number of benzene rings is 1. The molecule has 118 valence electrons. The van der Waals surface area contributed by atoms with Gasteiger partial charge in [-0.3, -0.25) is 0 Å². The number of hydrogen-bond acceptors (Lipinski definition) is 3. The van der Waals surface area contributed by atoms with Gasteiger partial charge in [-0.05, 0) is 49.7 Å². The Balaban J connectivity index is 2.04. The van der Waals surface area contributed by atoms with Gasteiger partial charge in [-0.15, -0.1) is 0 Å². The number of nitrogens with one attached hydrogen (secondary N) is 1. The molecule has 0 saturated heterocycles. The van der Waals surface area contributed by atoms with Gasteiger partial charge < -0.3 is 15.5 Å². The van der Waals surface area contributed by atoms with E-state index in [0.29, 0.717) is 16.9 Å². The van der Waals surface area contributed by atoms with Crippen molar-refractivity contribution >= 4 is 0 Å². The van der Waals surface area contributed by atoms with E-state index in [2.05, 4.69) is 19.2 Å². The zero-order chi connectivity index (χ0) is 15.5. The van der Waals surface area contributed by atoms with Gasteiger partial charge in [0, 0.05) is 12.6 Å². The van der Waals surface area contributed by atoms with Crippen LogP contribution >= 0.6 is 0 Å². The lowest BCUT2D eigenvalue weighted by Gasteiger charge is -2.33. The molecule has 0 radical (unpaired) electrons. The molecule has 1 aromatic rings. The molecule has 3 nitrogen and oxygen atoms in total. The fourth-order valence-electron chi connectivity index (χ4n) is 3.90. The van der Waals surface area contributed by atoms with Crippen LogP contribution in [0.3, 0.4) is 0 Å². The Labute approximate surface area is 128 Å². The van der Waals surface area contributed by atoms with Crippen molar-refractivity contribution in [2.45, 2.75) is 58.9 Å². The highest BCUT2D eigenvalue weighted by molar-refractivity contribution is 5.44. The molecule has 1 fully saturated rings. The molecule has 2 rings (SSSR count). The van der Waals surface area contributed by atoms with Gasteiger partial charge in [-0.1, -0.05) is 32.8 Å². The molecular weight excluding hydrogens is 262 g/mol. The summed E-state index contributed by atoms with van der Waals surface area (Å²) in [5.74, 6) is 1.04. The third-order valence-corrected chi connectivity index (χ3v) is 4.78. The normalized spacial score (nSPS) is 19.0. The van der Waals surface area contributed by atoms with Gasteiger partial charge in [0.2, 0.25) is 0 Å². The van der Waals surface area contributed by atoms with Crippen molar-refractivity contribution in [3.05, 3.63) is 23.8 Å². The van der Waals surface area contributed by atoms with E-state index in [9.17, 15) is 10.2 Å². The van der Waals surface area contributed by atoms with Crippen LogP contribution in [-0.2, 0) is 0 Å². The third-order valence-electron chi connectivity index (χ3n) is 4.78. The summed E-state index contributed by atoms with van der Waals surface area (Å²) in [7, 11) is 0. The summed E-state index contributed by atoms with van der Waals surface area (Å²) in [6.45, 7) is 7.55. The number of phenols is 2. The second-order valence-electron chi connectivity index (χ2n) is 7.12. The van der Waals surface area contributed by atoms with Crippen molar-refractivity contribution in [3.8, 4) is 11.5 Å². The molecule has 0 spiro atoms. The van der Waals surface area contributed by atoms with Crippen LogP contribution in [0, 0.1) is 11.3 Å². The minimum atomic E-state index is -0.0455. The predicted octanol–water partition coefficient (Wildman–Crippen LogP) is 4.35. The van der Waals surface area contributed by atoms with Crippen molar-refractivity contribution in [1.82, 2.24) is 5.32 Å². The second kappa shape index (κ2) is 6.69. The van der Waals surface area contributed by atoms with Crippen molar-refractivity contribution in [2.24, 2.45) is 11.3 Å². The standard InChI is InChI=1S/C18H29NO2/c1-13(2)11-18(9-4-5-10-18)12-19-14(3)17-15(20)7-6-8-16(17)21/h6-8,13-14,19-21H,4-5,9-12H2,1-3H3. The Morgan fingerprint density at radius 2 is 1.67 bits per heavy atom. The summed E-state index contributed by atoms with van der Waals surface area (Å²) in [4.78, 5) is 0. The Hall–Kier alpha value is -1.22. The number of phenolic OH excluding ortho intramolecular Hbond substituents is 2. The predicted molar refractivity (Wildman–Crippen MR) is 86.5 cm³/mol. The van der Waals surface area contributed by atoms with Crippen LogP contribution in [0.5, 0.6) is 11.5 Å². The molecule has 3 heteroatoms. The molecule has 1 aliphatic rings. The highest BCUT2D eigenvalue weighted by Crippen LogP contribution is 2.43. The molecule has 0 bridgehead atoms. The topological polar surface area (TPSA) is 52.5 Å². The first kappa shape index (κ1) is 16.2. The van der Waals surface area contributed by atoms with Crippen LogP contribution in [0.4, 0.5) is 0 Å². The van der Waals surface area contributed by atoms with Gasteiger partial charge in [0.1, 0.15) is 11.5 Å². The lowest BCUT2D eigenvalue weighted by atomic mass is 9.78. The Bertz CT molecular complexity index is 444. The van der Waals surface area contributed by atoms with Crippen molar-refractivity contribution in [3.63, 3.8) is 0 Å². The first-order valence-electron chi connectivity index (χ1n) is 8.18. The average molecular weight is 291 g/mol. The van der Waals surface area contributed by atoms with E-state index in [1.54, 1.807) is 18.2 Å². The van der Waals surface area contributed by atoms with E-state index in [0.717, 1.165) is 6.54 Å². The smallest absolute Gasteiger partial charge is 0.124 e. The lowest BCUT2D eigenvalue weighted by molar-refractivity contribution is 0.216. The number of hydrogen-bond donors (Lipinski definition) is 3. The van der Waals surface area contributed by atoms with Gasteiger partial charge in [-0.25, -0.2) is 0 Å². The molecule has 21 heavy (non-hydrogen) atoms. The molecular formula is C18H29NO2. The molecule has 3 N–H and O–H groups in total. The van der Waals surface area contributed by atoms with Crippen molar-refractivity contribution < 1.29 is 10.2 Å². The van der Waals surface area contributed by atoms with E-state index < -0.39 is 0 Å². The SMILES string of the molecule is CC(C)CC1(CNC(C)c2c(O)cccc2O)CCCC1. The molecule has 0 aromatic heterocycles. The monoisotopic (exact) mass is 291 g/mol. The highest BCUT2D eigenvalue weighted by atomic mass is 16.3. The number of rotatable bonds is 6. The molecule has 1 aromatic carbocycles. The van der Waals surface area contributed by atoms with Gasteiger partial charge in [0.25, 0.3) is 0 Å². The first-order chi connectivity index (χ1) is 9.93. The molecule has 1 atom stereocenters. The molecule has 0 heterocycles. The molecule has 0 amide bonds. The van der Waals surface area contributed by atoms with E-state index in [4.69, 9.17) is 0 Å². The molecule has 0 aliphatic heterocycles. The summed E-state index contributed by atoms with van der Waals surface area (Å²) in [5.41, 5.74) is 0.998.